The van der Waals surface area contributed by atoms with E-state index in [0.717, 1.165) is 27.8 Å². The molecule has 6 nitrogen and oxygen atoms in total. The Morgan fingerprint density at radius 3 is 2.65 bits per heavy atom. The molecule has 0 aliphatic carbocycles. The maximum atomic E-state index is 11.9. The minimum atomic E-state index is -0.841. The molecular formula is C19H20BrN3O3. The average Bonchev–Trinajstić information content (AvgIpc) is 2.62. The van der Waals surface area contributed by atoms with E-state index in [2.05, 4.69) is 31.8 Å². The van der Waals surface area contributed by atoms with E-state index in [4.69, 9.17) is 4.74 Å². The van der Waals surface area contributed by atoms with E-state index in [9.17, 15) is 9.59 Å². The van der Waals surface area contributed by atoms with E-state index in [1.807, 2.05) is 38.1 Å². The number of hydrazone groups is 1. The molecule has 0 aliphatic rings. The Hall–Kier alpha value is -2.67. The molecule has 2 N–H and O–H groups in total. The van der Waals surface area contributed by atoms with Crippen molar-refractivity contribution in [1.29, 1.82) is 0 Å². The lowest BCUT2D eigenvalue weighted by Gasteiger charge is -2.07. The fourth-order valence-electron chi connectivity index (χ4n) is 2.03. The Morgan fingerprint density at radius 2 is 1.96 bits per heavy atom. The third-order valence-electron chi connectivity index (χ3n) is 3.40. The topological polar surface area (TPSA) is 79.8 Å². The maximum absolute atomic E-state index is 11.9. The second kappa shape index (κ2) is 9.72. The SMILES string of the molecule is CCCOc1ccc(/C=N\NC(=O)C(=O)Nc2ccccc2C)cc1Br. The molecule has 0 saturated heterocycles. The third-order valence-corrected chi connectivity index (χ3v) is 4.02. The van der Waals surface area contributed by atoms with Gasteiger partial charge in [0.05, 0.1) is 17.3 Å². The number of ether oxygens (including phenoxy) is 1. The van der Waals surface area contributed by atoms with Gasteiger partial charge in [-0.05, 0) is 64.7 Å². The van der Waals surface area contributed by atoms with Crippen molar-refractivity contribution in [2.75, 3.05) is 11.9 Å². The summed E-state index contributed by atoms with van der Waals surface area (Å²) in [5, 5.41) is 6.36. The van der Waals surface area contributed by atoms with Gasteiger partial charge in [-0.15, -0.1) is 0 Å². The van der Waals surface area contributed by atoms with Gasteiger partial charge in [-0.25, -0.2) is 5.43 Å². The second-order valence-corrected chi connectivity index (χ2v) is 6.36. The van der Waals surface area contributed by atoms with Gasteiger partial charge in [0.1, 0.15) is 5.75 Å². The summed E-state index contributed by atoms with van der Waals surface area (Å²) in [5.74, 6) is -0.877. The Labute approximate surface area is 160 Å². The van der Waals surface area contributed by atoms with Crippen LogP contribution in [0.25, 0.3) is 0 Å². The number of hydrogen-bond acceptors (Lipinski definition) is 4. The van der Waals surface area contributed by atoms with Crippen LogP contribution >= 0.6 is 15.9 Å². The highest BCUT2D eigenvalue weighted by Gasteiger charge is 2.13. The van der Waals surface area contributed by atoms with Crippen molar-refractivity contribution in [3.63, 3.8) is 0 Å². The lowest BCUT2D eigenvalue weighted by atomic mass is 10.2. The van der Waals surface area contributed by atoms with Gasteiger partial charge in [0.15, 0.2) is 0 Å². The molecule has 0 saturated carbocycles. The van der Waals surface area contributed by atoms with Crippen LogP contribution in [-0.4, -0.2) is 24.6 Å². The summed E-state index contributed by atoms with van der Waals surface area (Å²) < 4.78 is 6.36. The van der Waals surface area contributed by atoms with Crippen LogP contribution < -0.4 is 15.5 Å². The highest BCUT2D eigenvalue weighted by molar-refractivity contribution is 9.10. The molecule has 0 radical (unpaired) electrons. The van der Waals surface area contributed by atoms with Gasteiger partial charge in [-0.3, -0.25) is 9.59 Å². The summed E-state index contributed by atoms with van der Waals surface area (Å²) in [6, 6.07) is 12.6. The third kappa shape index (κ3) is 5.70. The molecule has 0 atom stereocenters. The van der Waals surface area contributed by atoms with E-state index >= 15 is 0 Å². The van der Waals surface area contributed by atoms with E-state index < -0.39 is 11.8 Å². The molecule has 136 valence electrons. The number of anilines is 1. The van der Waals surface area contributed by atoms with Crippen molar-refractivity contribution in [2.45, 2.75) is 20.3 Å². The van der Waals surface area contributed by atoms with Crippen LogP contribution in [0.15, 0.2) is 52.0 Å². The monoisotopic (exact) mass is 417 g/mol. The molecule has 0 fully saturated rings. The second-order valence-electron chi connectivity index (χ2n) is 5.51. The van der Waals surface area contributed by atoms with Gasteiger partial charge in [-0.2, -0.15) is 5.10 Å². The first-order chi connectivity index (χ1) is 12.5. The molecule has 0 unspecified atom stereocenters. The summed E-state index contributed by atoms with van der Waals surface area (Å²) in [4.78, 5) is 23.7. The minimum absolute atomic E-state index is 0.586. The first kappa shape index (κ1) is 19.7. The number of benzene rings is 2. The van der Waals surface area contributed by atoms with Gasteiger partial charge < -0.3 is 10.1 Å². The van der Waals surface area contributed by atoms with E-state index in [1.54, 1.807) is 18.2 Å². The molecule has 2 aromatic rings. The van der Waals surface area contributed by atoms with Gasteiger partial charge in [0, 0.05) is 5.69 Å². The lowest BCUT2D eigenvalue weighted by Crippen LogP contribution is -2.32. The average molecular weight is 418 g/mol. The van der Waals surface area contributed by atoms with E-state index in [1.165, 1.54) is 6.21 Å². The molecule has 2 amide bonds. The first-order valence-electron chi connectivity index (χ1n) is 8.13. The Morgan fingerprint density at radius 1 is 1.19 bits per heavy atom. The van der Waals surface area contributed by atoms with Crippen LogP contribution in [0.1, 0.15) is 24.5 Å². The van der Waals surface area contributed by atoms with Crippen LogP contribution in [-0.2, 0) is 9.59 Å². The van der Waals surface area contributed by atoms with Crippen molar-refractivity contribution in [3.8, 4) is 5.75 Å². The normalized spacial score (nSPS) is 10.6. The fourth-order valence-corrected chi connectivity index (χ4v) is 2.55. The number of hydrogen-bond donors (Lipinski definition) is 2. The number of nitrogens with one attached hydrogen (secondary N) is 2. The molecule has 0 spiro atoms. The van der Waals surface area contributed by atoms with Gasteiger partial charge >= 0.3 is 11.8 Å². The lowest BCUT2D eigenvalue weighted by molar-refractivity contribution is -0.136. The standard InChI is InChI=1S/C19H20BrN3O3/c1-3-10-26-17-9-8-14(11-15(17)20)12-21-23-19(25)18(24)22-16-7-5-4-6-13(16)2/h4-9,11-12H,3,10H2,1-2H3,(H,22,24)(H,23,25)/b21-12-. The molecule has 0 aliphatic heterocycles. The molecule has 0 bridgehead atoms. The zero-order valence-electron chi connectivity index (χ0n) is 14.6. The smallest absolute Gasteiger partial charge is 0.329 e. The van der Waals surface area contributed by atoms with Crippen molar-refractivity contribution < 1.29 is 14.3 Å². The first-order valence-corrected chi connectivity index (χ1v) is 8.93. The minimum Gasteiger partial charge on any atom is -0.492 e. The molecule has 2 aromatic carbocycles. The summed E-state index contributed by atoms with van der Waals surface area (Å²) in [5.41, 5.74) is 4.42. The van der Waals surface area contributed by atoms with Crippen LogP contribution in [0.5, 0.6) is 5.75 Å². The summed E-state index contributed by atoms with van der Waals surface area (Å²) >= 11 is 3.43. The van der Waals surface area contributed by atoms with Gasteiger partial charge in [0.2, 0.25) is 0 Å². The number of halogens is 1. The number of carbonyl (C=O) groups excluding carboxylic acids is 2. The van der Waals surface area contributed by atoms with Crippen molar-refractivity contribution in [3.05, 3.63) is 58.1 Å². The van der Waals surface area contributed by atoms with Gasteiger partial charge in [-0.1, -0.05) is 25.1 Å². The zero-order valence-corrected chi connectivity index (χ0v) is 16.2. The Balaban J connectivity index is 1.91. The zero-order chi connectivity index (χ0) is 18.9. The number of amides is 2. The van der Waals surface area contributed by atoms with Crippen LogP contribution in [0.2, 0.25) is 0 Å². The maximum Gasteiger partial charge on any atom is 0.329 e. The molecule has 0 heterocycles. The fraction of sp³-hybridized carbons (Fsp3) is 0.211. The van der Waals surface area contributed by atoms with E-state index in [-0.39, 0.29) is 0 Å². The van der Waals surface area contributed by atoms with E-state index in [0.29, 0.717) is 12.3 Å². The molecule has 7 heteroatoms. The largest absolute Gasteiger partial charge is 0.492 e. The predicted molar refractivity (Wildman–Crippen MR) is 105 cm³/mol. The number of para-hydroxylation sites is 1. The molecule has 0 aromatic heterocycles. The van der Waals surface area contributed by atoms with Crippen LogP contribution in [0.3, 0.4) is 0 Å². The summed E-state index contributed by atoms with van der Waals surface area (Å²) in [6.45, 7) is 4.52. The van der Waals surface area contributed by atoms with Crippen LogP contribution in [0.4, 0.5) is 5.69 Å². The van der Waals surface area contributed by atoms with Crippen molar-refractivity contribution in [1.82, 2.24) is 5.43 Å². The number of carbonyl (C=O) groups is 2. The highest BCUT2D eigenvalue weighted by atomic mass is 79.9. The molecule has 2 rings (SSSR count). The molecular weight excluding hydrogens is 398 g/mol. The summed E-state index contributed by atoms with van der Waals surface area (Å²) in [6.07, 6.45) is 2.37. The van der Waals surface area contributed by atoms with Crippen molar-refractivity contribution in [2.24, 2.45) is 5.10 Å². The molecule has 26 heavy (non-hydrogen) atoms. The Kier molecular flexibility index (Phi) is 7.35. The van der Waals surface area contributed by atoms with Crippen LogP contribution in [0, 0.1) is 6.92 Å². The number of rotatable bonds is 6. The predicted octanol–water partition coefficient (Wildman–Crippen LogP) is 3.64. The Bertz CT molecular complexity index is 821. The quantitative estimate of drug-likeness (QED) is 0.427. The van der Waals surface area contributed by atoms with Crippen molar-refractivity contribution >= 4 is 39.6 Å². The summed E-state index contributed by atoms with van der Waals surface area (Å²) in [7, 11) is 0. The highest BCUT2D eigenvalue weighted by Crippen LogP contribution is 2.25. The number of nitrogens with zero attached hydrogens (tertiary/aromatic N) is 1. The van der Waals surface area contributed by atoms with Gasteiger partial charge in [0.25, 0.3) is 0 Å². The number of aryl methyl sites for hydroxylation is 1.